The largest absolute Gasteiger partial charge is 0.353 e. The van der Waals surface area contributed by atoms with E-state index in [1.807, 2.05) is 18.7 Å². The SMILES string of the molecule is CCCCN(C(=O)C[C@H]1C(=O)NCCN1Cc1ccc(C)cc1)C(C)C. The van der Waals surface area contributed by atoms with E-state index in [9.17, 15) is 9.59 Å². The molecule has 0 radical (unpaired) electrons. The van der Waals surface area contributed by atoms with Crippen LogP contribution < -0.4 is 5.32 Å². The standard InChI is InChI=1S/C21H33N3O2/c1-5-6-12-24(16(2)3)20(25)14-19-21(26)22-11-13-23(19)15-18-9-7-17(4)8-10-18/h7-10,16,19H,5-6,11-15H2,1-4H3,(H,22,26)/t19-/m0/s1. The highest BCUT2D eigenvalue weighted by Gasteiger charge is 2.33. The molecule has 1 aromatic carbocycles. The lowest BCUT2D eigenvalue weighted by Crippen LogP contribution is -2.56. The lowest BCUT2D eigenvalue weighted by molar-refractivity contribution is -0.140. The summed E-state index contributed by atoms with van der Waals surface area (Å²) in [4.78, 5) is 29.4. The topological polar surface area (TPSA) is 52.7 Å². The van der Waals surface area contributed by atoms with E-state index in [4.69, 9.17) is 0 Å². The van der Waals surface area contributed by atoms with Gasteiger partial charge in [0.05, 0.1) is 12.5 Å². The molecule has 0 unspecified atom stereocenters. The number of amides is 2. The molecule has 0 spiro atoms. The number of benzene rings is 1. The van der Waals surface area contributed by atoms with Crippen LogP contribution in [-0.2, 0) is 16.1 Å². The van der Waals surface area contributed by atoms with Crippen LogP contribution in [0, 0.1) is 6.92 Å². The number of hydrogen-bond donors (Lipinski definition) is 1. The first-order valence-electron chi connectivity index (χ1n) is 9.79. The van der Waals surface area contributed by atoms with Crippen molar-refractivity contribution in [3.63, 3.8) is 0 Å². The van der Waals surface area contributed by atoms with Crippen LogP contribution in [0.15, 0.2) is 24.3 Å². The second kappa shape index (κ2) is 9.72. The third kappa shape index (κ3) is 5.56. The van der Waals surface area contributed by atoms with Gasteiger partial charge in [-0.1, -0.05) is 43.2 Å². The van der Waals surface area contributed by atoms with Gasteiger partial charge in [-0.25, -0.2) is 0 Å². The Morgan fingerprint density at radius 3 is 2.62 bits per heavy atom. The zero-order valence-electron chi connectivity index (χ0n) is 16.6. The van der Waals surface area contributed by atoms with Gasteiger partial charge in [-0.3, -0.25) is 14.5 Å². The Bertz CT molecular complexity index is 598. The molecular weight excluding hydrogens is 326 g/mol. The molecule has 5 nitrogen and oxygen atoms in total. The molecule has 0 bridgehead atoms. The molecule has 1 saturated heterocycles. The first-order chi connectivity index (χ1) is 12.4. The van der Waals surface area contributed by atoms with Crippen molar-refractivity contribution in [2.45, 2.75) is 65.6 Å². The molecule has 0 saturated carbocycles. The first-order valence-corrected chi connectivity index (χ1v) is 9.79. The van der Waals surface area contributed by atoms with Crippen molar-refractivity contribution in [2.24, 2.45) is 0 Å². The highest BCUT2D eigenvalue weighted by molar-refractivity contribution is 5.89. The summed E-state index contributed by atoms with van der Waals surface area (Å²) in [6.07, 6.45) is 2.30. The normalized spacial score (nSPS) is 18.0. The van der Waals surface area contributed by atoms with Crippen molar-refractivity contribution in [3.05, 3.63) is 35.4 Å². The van der Waals surface area contributed by atoms with E-state index < -0.39 is 0 Å². The molecule has 1 aliphatic rings. The molecule has 0 aromatic heterocycles. The number of nitrogens with zero attached hydrogens (tertiary/aromatic N) is 2. The Hall–Kier alpha value is -1.88. The average Bonchev–Trinajstić information content (AvgIpc) is 2.60. The number of carbonyl (C=O) groups excluding carboxylic acids is 2. The predicted octanol–water partition coefficient (Wildman–Crippen LogP) is 2.72. The number of piperazine rings is 1. The van der Waals surface area contributed by atoms with Crippen molar-refractivity contribution in [1.29, 1.82) is 0 Å². The van der Waals surface area contributed by atoms with Crippen LogP contribution in [0.4, 0.5) is 0 Å². The molecule has 1 aromatic rings. The lowest BCUT2D eigenvalue weighted by atomic mass is 10.0. The number of aryl methyl sites for hydroxylation is 1. The van der Waals surface area contributed by atoms with Crippen molar-refractivity contribution in [3.8, 4) is 0 Å². The highest BCUT2D eigenvalue weighted by Crippen LogP contribution is 2.17. The molecular formula is C21H33N3O2. The predicted molar refractivity (Wildman–Crippen MR) is 105 cm³/mol. The van der Waals surface area contributed by atoms with E-state index in [-0.39, 0.29) is 30.3 Å². The molecule has 26 heavy (non-hydrogen) atoms. The van der Waals surface area contributed by atoms with Gasteiger partial charge < -0.3 is 10.2 Å². The maximum absolute atomic E-state index is 12.9. The van der Waals surface area contributed by atoms with Crippen molar-refractivity contribution in [2.75, 3.05) is 19.6 Å². The third-order valence-electron chi connectivity index (χ3n) is 5.01. The molecule has 144 valence electrons. The van der Waals surface area contributed by atoms with Crippen LogP contribution in [0.5, 0.6) is 0 Å². The summed E-state index contributed by atoms with van der Waals surface area (Å²) < 4.78 is 0. The minimum atomic E-state index is -0.388. The number of carbonyl (C=O) groups is 2. The summed E-state index contributed by atoms with van der Waals surface area (Å²) in [6, 6.07) is 8.15. The zero-order chi connectivity index (χ0) is 19.1. The van der Waals surface area contributed by atoms with Crippen LogP contribution >= 0.6 is 0 Å². The summed E-state index contributed by atoms with van der Waals surface area (Å²) in [7, 11) is 0. The molecule has 1 fully saturated rings. The van der Waals surface area contributed by atoms with Crippen LogP contribution in [0.25, 0.3) is 0 Å². The van der Waals surface area contributed by atoms with E-state index >= 15 is 0 Å². The van der Waals surface area contributed by atoms with E-state index in [1.54, 1.807) is 0 Å². The van der Waals surface area contributed by atoms with Gasteiger partial charge in [0.1, 0.15) is 0 Å². The number of rotatable bonds is 8. The van der Waals surface area contributed by atoms with Crippen LogP contribution in [0.2, 0.25) is 0 Å². The third-order valence-corrected chi connectivity index (χ3v) is 5.01. The minimum absolute atomic E-state index is 0.0316. The fourth-order valence-electron chi connectivity index (χ4n) is 3.38. The van der Waals surface area contributed by atoms with E-state index in [2.05, 4.69) is 48.3 Å². The van der Waals surface area contributed by atoms with Crippen LogP contribution in [-0.4, -0.2) is 53.3 Å². The highest BCUT2D eigenvalue weighted by atomic mass is 16.2. The van der Waals surface area contributed by atoms with E-state index in [0.29, 0.717) is 13.1 Å². The van der Waals surface area contributed by atoms with Gasteiger partial charge in [-0.05, 0) is 32.8 Å². The number of nitrogens with one attached hydrogen (secondary N) is 1. The Morgan fingerprint density at radius 1 is 1.31 bits per heavy atom. The van der Waals surface area contributed by atoms with Gasteiger partial charge in [0, 0.05) is 32.2 Å². The second-order valence-electron chi connectivity index (χ2n) is 7.50. The fourth-order valence-corrected chi connectivity index (χ4v) is 3.38. The summed E-state index contributed by atoms with van der Waals surface area (Å²) in [5.74, 6) is 0.0420. The molecule has 1 aliphatic heterocycles. The monoisotopic (exact) mass is 359 g/mol. The molecule has 1 atom stereocenters. The Labute approximate surface area is 157 Å². The molecule has 2 rings (SSSR count). The summed E-state index contributed by atoms with van der Waals surface area (Å²) in [5.41, 5.74) is 2.40. The maximum atomic E-state index is 12.9. The van der Waals surface area contributed by atoms with Crippen LogP contribution in [0.1, 0.15) is 51.2 Å². The van der Waals surface area contributed by atoms with E-state index in [0.717, 1.165) is 25.9 Å². The molecule has 2 amide bonds. The van der Waals surface area contributed by atoms with E-state index in [1.165, 1.54) is 11.1 Å². The Kier molecular flexibility index (Phi) is 7.64. The fraction of sp³-hybridized carbons (Fsp3) is 0.619. The van der Waals surface area contributed by atoms with Crippen molar-refractivity contribution >= 4 is 11.8 Å². The van der Waals surface area contributed by atoms with Crippen LogP contribution in [0.3, 0.4) is 0 Å². The Balaban J connectivity index is 2.07. The van der Waals surface area contributed by atoms with Gasteiger partial charge in [-0.2, -0.15) is 0 Å². The minimum Gasteiger partial charge on any atom is -0.353 e. The summed E-state index contributed by atoms with van der Waals surface area (Å²) in [6.45, 7) is 11.1. The molecule has 5 heteroatoms. The Morgan fingerprint density at radius 2 is 2.00 bits per heavy atom. The molecule has 1 N–H and O–H groups in total. The van der Waals surface area contributed by atoms with Crippen molar-refractivity contribution < 1.29 is 9.59 Å². The summed E-state index contributed by atoms with van der Waals surface area (Å²) >= 11 is 0. The van der Waals surface area contributed by atoms with Gasteiger partial charge in [0.25, 0.3) is 0 Å². The first kappa shape index (κ1) is 20.4. The van der Waals surface area contributed by atoms with Gasteiger partial charge in [0.15, 0.2) is 0 Å². The number of hydrogen-bond acceptors (Lipinski definition) is 3. The maximum Gasteiger partial charge on any atom is 0.237 e. The van der Waals surface area contributed by atoms with Crippen molar-refractivity contribution in [1.82, 2.24) is 15.1 Å². The zero-order valence-corrected chi connectivity index (χ0v) is 16.6. The lowest BCUT2D eigenvalue weighted by Gasteiger charge is -2.36. The average molecular weight is 360 g/mol. The number of unbranched alkanes of at least 4 members (excludes halogenated alkanes) is 1. The molecule has 1 heterocycles. The smallest absolute Gasteiger partial charge is 0.237 e. The summed E-state index contributed by atoms with van der Waals surface area (Å²) in [5, 5.41) is 2.92. The van der Waals surface area contributed by atoms with Gasteiger partial charge in [0.2, 0.25) is 11.8 Å². The quantitative estimate of drug-likeness (QED) is 0.776. The van der Waals surface area contributed by atoms with Gasteiger partial charge in [-0.15, -0.1) is 0 Å². The molecule has 0 aliphatic carbocycles. The second-order valence-corrected chi connectivity index (χ2v) is 7.50. The van der Waals surface area contributed by atoms with Gasteiger partial charge >= 0.3 is 0 Å².